The summed E-state index contributed by atoms with van der Waals surface area (Å²) < 4.78 is 38.3. The van der Waals surface area contributed by atoms with E-state index in [-0.39, 0.29) is 52.8 Å². The van der Waals surface area contributed by atoms with Gasteiger partial charge in [-0.15, -0.1) is 0 Å². The van der Waals surface area contributed by atoms with Crippen LogP contribution in [0.25, 0.3) is 0 Å². The Bertz CT molecular complexity index is 1360. The topological polar surface area (TPSA) is 109 Å². The van der Waals surface area contributed by atoms with Crippen molar-refractivity contribution in [3.8, 4) is 11.5 Å². The summed E-state index contributed by atoms with van der Waals surface area (Å²) in [4.78, 5) is 37.2. The van der Waals surface area contributed by atoms with Crippen molar-refractivity contribution in [3.63, 3.8) is 0 Å². The van der Waals surface area contributed by atoms with Crippen LogP contribution in [0, 0.1) is 11.8 Å². The highest BCUT2D eigenvalue weighted by atomic mass is 35.5. The molecule has 43 heavy (non-hydrogen) atoms. The fourth-order valence-corrected chi connectivity index (χ4v) is 6.89. The van der Waals surface area contributed by atoms with Crippen LogP contribution in [0.15, 0.2) is 31.0 Å². The molecule has 232 valence electrons. The standard InChI is InChI=1S/C30H37ClF2N6O4/c1-4-26(40)35-21-10-9-18(17-7-5-6-8-17)11-22(21)36-29-34-14-19-15-38(30(41)39(16-25(32)33)28(19)37-29)23-12-20(42-2)13-24(43-3)27(23)31/h4,12-14,17-18,21-22,25H,1,5-11,15-16H2,2-3H3,(H,35,40)(H,34,36,37). The number of aromatic nitrogens is 2. The number of anilines is 3. The smallest absolute Gasteiger partial charge is 0.330 e. The summed E-state index contributed by atoms with van der Waals surface area (Å²) in [5, 5.41) is 6.53. The van der Waals surface area contributed by atoms with Crippen LogP contribution in [-0.2, 0) is 11.3 Å². The summed E-state index contributed by atoms with van der Waals surface area (Å²) in [6.45, 7) is 2.69. The molecule has 1 aromatic heterocycles. The van der Waals surface area contributed by atoms with Crippen LogP contribution < -0.4 is 29.9 Å². The number of carbonyl (C=O) groups excluding carboxylic acids is 2. The molecule has 2 N–H and O–H groups in total. The summed E-state index contributed by atoms with van der Waals surface area (Å²) >= 11 is 6.55. The second-order valence-electron chi connectivity index (χ2n) is 11.3. The molecule has 0 saturated heterocycles. The van der Waals surface area contributed by atoms with Gasteiger partial charge in [-0.25, -0.2) is 18.6 Å². The van der Waals surface area contributed by atoms with E-state index >= 15 is 0 Å². The molecule has 2 saturated carbocycles. The molecule has 2 fully saturated rings. The maximum absolute atomic E-state index is 13.8. The molecule has 3 unspecified atom stereocenters. The third-order valence-electron chi connectivity index (χ3n) is 8.73. The molecule has 1 aliphatic heterocycles. The Labute approximate surface area is 254 Å². The van der Waals surface area contributed by atoms with Crippen molar-refractivity contribution in [1.29, 1.82) is 0 Å². The van der Waals surface area contributed by atoms with E-state index < -0.39 is 19.0 Å². The first-order valence-corrected chi connectivity index (χ1v) is 14.9. The van der Waals surface area contributed by atoms with Gasteiger partial charge in [0.05, 0.1) is 33.0 Å². The van der Waals surface area contributed by atoms with E-state index in [0.29, 0.717) is 23.1 Å². The third-order valence-corrected chi connectivity index (χ3v) is 9.11. The van der Waals surface area contributed by atoms with Crippen molar-refractivity contribution in [2.45, 2.75) is 70.0 Å². The minimum atomic E-state index is -2.82. The zero-order chi connectivity index (χ0) is 30.7. The van der Waals surface area contributed by atoms with Gasteiger partial charge in [0, 0.05) is 36.0 Å². The zero-order valence-electron chi connectivity index (χ0n) is 24.3. The van der Waals surface area contributed by atoms with Crippen molar-refractivity contribution >= 4 is 41.0 Å². The van der Waals surface area contributed by atoms with Gasteiger partial charge in [0.1, 0.15) is 22.3 Å². The molecule has 13 heteroatoms. The minimum absolute atomic E-state index is 0.00454. The molecular formula is C30H37ClF2N6O4. The van der Waals surface area contributed by atoms with Crippen LogP contribution >= 0.6 is 11.6 Å². The molecule has 0 spiro atoms. The lowest BCUT2D eigenvalue weighted by molar-refractivity contribution is -0.117. The molecule has 1 aromatic carbocycles. The first-order chi connectivity index (χ1) is 20.7. The maximum atomic E-state index is 13.8. The van der Waals surface area contributed by atoms with Gasteiger partial charge in [-0.2, -0.15) is 4.98 Å². The minimum Gasteiger partial charge on any atom is -0.497 e. The molecule has 10 nitrogen and oxygen atoms in total. The number of benzene rings is 1. The highest BCUT2D eigenvalue weighted by Gasteiger charge is 2.38. The van der Waals surface area contributed by atoms with Crippen molar-refractivity contribution in [3.05, 3.63) is 41.6 Å². The molecule has 2 aliphatic carbocycles. The monoisotopic (exact) mass is 618 g/mol. The van der Waals surface area contributed by atoms with Crippen LogP contribution in [0.1, 0.15) is 50.5 Å². The third kappa shape index (κ3) is 6.63. The predicted molar refractivity (Wildman–Crippen MR) is 160 cm³/mol. The number of methoxy groups -OCH3 is 2. The fourth-order valence-electron chi connectivity index (χ4n) is 6.60. The number of carbonyl (C=O) groups is 2. The molecule has 2 heterocycles. The van der Waals surface area contributed by atoms with E-state index in [4.69, 9.17) is 21.1 Å². The number of alkyl halides is 2. The van der Waals surface area contributed by atoms with Crippen molar-refractivity contribution in [2.75, 3.05) is 35.9 Å². The van der Waals surface area contributed by atoms with Gasteiger partial charge in [0.15, 0.2) is 0 Å². The van der Waals surface area contributed by atoms with Gasteiger partial charge in [0.2, 0.25) is 11.9 Å². The number of hydrogen-bond acceptors (Lipinski definition) is 7. The average molecular weight is 619 g/mol. The maximum Gasteiger partial charge on any atom is 0.330 e. The Kier molecular flexibility index (Phi) is 9.53. The van der Waals surface area contributed by atoms with Gasteiger partial charge in [-0.05, 0) is 37.2 Å². The van der Waals surface area contributed by atoms with Crippen molar-refractivity contribution in [1.82, 2.24) is 15.3 Å². The summed E-state index contributed by atoms with van der Waals surface area (Å²) in [6.07, 6.45) is 7.48. The van der Waals surface area contributed by atoms with E-state index in [1.807, 2.05) is 0 Å². The first-order valence-electron chi connectivity index (χ1n) is 14.6. The Balaban J connectivity index is 1.45. The SMILES string of the molecule is C=CC(=O)NC1CCC(C2CCCC2)CC1Nc1ncc2c(n1)N(CC(F)F)C(=O)N(c1cc(OC)cc(OC)c1Cl)C2. The number of rotatable bonds is 10. The van der Waals surface area contributed by atoms with Crippen LogP contribution in [0.4, 0.5) is 31.0 Å². The number of nitrogens with zero attached hydrogens (tertiary/aromatic N) is 4. The molecule has 5 rings (SSSR count). The highest BCUT2D eigenvalue weighted by molar-refractivity contribution is 6.35. The van der Waals surface area contributed by atoms with Gasteiger partial charge >= 0.3 is 6.03 Å². The largest absolute Gasteiger partial charge is 0.497 e. The lowest BCUT2D eigenvalue weighted by Gasteiger charge is -2.39. The van der Waals surface area contributed by atoms with Crippen LogP contribution in [0.5, 0.6) is 11.5 Å². The van der Waals surface area contributed by atoms with E-state index in [0.717, 1.165) is 24.2 Å². The number of hydrogen-bond donors (Lipinski definition) is 2. The zero-order valence-corrected chi connectivity index (χ0v) is 25.1. The van der Waals surface area contributed by atoms with E-state index in [1.165, 1.54) is 57.1 Å². The van der Waals surface area contributed by atoms with Gasteiger partial charge < -0.3 is 20.1 Å². The van der Waals surface area contributed by atoms with E-state index in [1.54, 1.807) is 12.1 Å². The number of amides is 3. The molecule has 3 atom stereocenters. The van der Waals surface area contributed by atoms with Crippen molar-refractivity contribution < 1.29 is 27.8 Å². The first kappa shape index (κ1) is 30.8. The molecule has 3 amide bonds. The fraction of sp³-hybridized carbons (Fsp3) is 0.533. The molecular weight excluding hydrogens is 582 g/mol. The Morgan fingerprint density at radius 3 is 2.60 bits per heavy atom. The quantitative estimate of drug-likeness (QED) is 0.324. The Morgan fingerprint density at radius 1 is 1.16 bits per heavy atom. The summed E-state index contributed by atoms with van der Waals surface area (Å²) in [7, 11) is 2.89. The normalized spacial score (nSPS) is 22.4. The Morgan fingerprint density at radius 2 is 1.93 bits per heavy atom. The van der Waals surface area contributed by atoms with Gasteiger partial charge in [-0.3, -0.25) is 14.6 Å². The number of urea groups is 1. The molecule has 3 aliphatic rings. The molecule has 2 aromatic rings. The summed E-state index contributed by atoms with van der Waals surface area (Å²) in [6, 6.07) is 2.04. The van der Waals surface area contributed by atoms with Gasteiger partial charge in [-0.1, -0.05) is 43.9 Å². The Hall–Kier alpha value is -3.67. The summed E-state index contributed by atoms with van der Waals surface area (Å²) in [5.41, 5.74) is 0.712. The van der Waals surface area contributed by atoms with Gasteiger partial charge in [0.25, 0.3) is 6.43 Å². The highest BCUT2D eigenvalue weighted by Crippen LogP contribution is 2.43. The number of fused-ring (bicyclic) bond motifs is 1. The average Bonchev–Trinajstić information content (AvgIpc) is 3.55. The molecule has 0 bridgehead atoms. The lowest BCUT2D eigenvalue weighted by atomic mass is 9.75. The summed E-state index contributed by atoms with van der Waals surface area (Å²) in [5.74, 6) is 1.85. The van der Waals surface area contributed by atoms with Crippen molar-refractivity contribution in [2.24, 2.45) is 11.8 Å². The van der Waals surface area contributed by atoms with Crippen LogP contribution in [-0.4, -0.2) is 61.2 Å². The second-order valence-corrected chi connectivity index (χ2v) is 11.6. The predicted octanol–water partition coefficient (Wildman–Crippen LogP) is 5.80. The lowest BCUT2D eigenvalue weighted by Crippen LogP contribution is -2.51. The number of halogens is 3. The second kappa shape index (κ2) is 13.3. The van der Waals surface area contributed by atoms with E-state index in [2.05, 4.69) is 27.2 Å². The van der Waals surface area contributed by atoms with E-state index in [9.17, 15) is 18.4 Å². The van der Waals surface area contributed by atoms with Crippen LogP contribution in [0.2, 0.25) is 5.02 Å². The number of ether oxygens (including phenoxy) is 2. The molecule has 0 radical (unpaired) electrons. The number of nitrogens with one attached hydrogen (secondary N) is 2. The van der Waals surface area contributed by atoms with Crippen LogP contribution in [0.3, 0.4) is 0 Å².